The van der Waals surface area contributed by atoms with E-state index in [2.05, 4.69) is 0 Å². The third kappa shape index (κ3) is 2.99. The van der Waals surface area contributed by atoms with Crippen molar-refractivity contribution in [3.63, 3.8) is 0 Å². The summed E-state index contributed by atoms with van der Waals surface area (Å²) in [5, 5.41) is 11.6. The van der Waals surface area contributed by atoms with Crippen LogP contribution in [-0.2, 0) is 6.42 Å². The summed E-state index contributed by atoms with van der Waals surface area (Å²) in [7, 11) is 1.62. The second-order valence-corrected chi connectivity index (χ2v) is 5.71. The number of phenols is 1. The van der Waals surface area contributed by atoms with Crippen molar-refractivity contribution in [2.75, 3.05) is 7.05 Å². The summed E-state index contributed by atoms with van der Waals surface area (Å²) in [5.41, 5.74) is -0.270. The van der Waals surface area contributed by atoms with Crippen molar-refractivity contribution < 1.29 is 14.3 Å². The molecule has 0 bridgehead atoms. The number of carbonyl (C=O) groups excluding carboxylic acids is 1. The van der Waals surface area contributed by atoms with Gasteiger partial charge in [0, 0.05) is 24.4 Å². The lowest BCUT2D eigenvalue weighted by Gasteiger charge is -2.25. The van der Waals surface area contributed by atoms with E-state index in [4.69, 9.17) is 0 Å². The molecule has 1 aromatic heterocycles. The minimum absolute atomic E-state index is 0.0832. The van der Waals surface area contributed by atoms with Crippen LogP contribution in [0.5, 0.6) is 5.75 Å². The summed E-state index contributed by atoms with van der Waals surface area (Å²) in [4.78, 5) is 14.9. The van der Waals surface area contributed by atoms with Crippen LogP contribution in [0, 0.1) is 5.82 Å². The van der Waals surface area contributed by atoms with Crippen molar-refractivity contribution >= 4 is 17.2 Å². The van der Waals surface area contributed by atoms with Crippen LogP contribution in [0.4, 0.5) is 4.39 Å². The first-order chi connectivity index (χ1) is 9.50. The molecule has 0 aliphatic carbocycles. The van der Waals surface area contributed by atoms with Crippen LogP contribution in [0.3, 0.4) is 0 Å². The molecule has 1 N–H and O–H groups in total. The highest BCUT2D eigenvalue weighted by Gasteiger charge is 2.23. The summed E-state index contributed by atoms with van der Waals surface area (Å²) in [6, 6.07) is 7.73. The normalized spacial score (nSPS) is 12.2. The molecule has 0 aliphatic rings. The average Bonchev–Trinajstić information content (AvgIpc) is 2.90. The Hall–Kier alpha value is -1.88. The van der Waals surface area contributed by atoms with Crippen LogP contribution in [0.1, 0.15) is 22.2 Å². The number of likely N-dealkylation sites (N-methyl/N-ethyl adjacent to an activating group) is 1. The fourth-order valence-electron chi connectivity index (χ4n) is 1.96. The maximum Gasteiger partial charge on any atom is 0.260 e. The number of hydrogen-bond acceptors (Lipinski definition) is 3. The molecule has 0 spiro atoms. The molecule has 1 atom stereocenters. The lowest BCUT2D eigenvalue weighted by atomic mass is 10.1. The molecule has 0 saturated carbocycles. The molecule has 1 aromatic carbocycles. The Kier molecular flexibility index (Phi) is 4.39. The largest absolute Gasteiger partial charge is 0.507 e. The van der Waals surface area contributed by atoms with E-state index in [1.165, 1.54) is 23.1 Å². The molecule has 0 aliphatic heterocycles. The molecule has 3 nitrogen and oxygen atoms in total. The van der Waals surface area contributed by atoms with E-state index in [1.807, 2.05) is 24.4 Å². The van der Waals surface area contributed by atoms with Gasteiger partial charge >= 0.3 is 0 Å². The van der Waals surface area contributed by atoms with Crippen molar-refractivity contribution in [2.24, 2.45) is 0 Å². The molecule has 2 rings (SSSR count). The number of benzene rings is 1. The standard InChI is InChI=1S/C15H16FNO2S/c1-10(9-11-5-4-8-20-11)17(2)15(19)14-12(16)6-3-7-13(14)18/h3-8,10,18H,9H2,1-2H3. The number of nitrogens with zero attached hydrogens (tertiary/aromatic N) is 1. The Balaban J connectivity index is 2.16. The average molecular weight is 293 g/mol. The van der Waals surface area contributed by atoms with Gasteiger partial charge in [-0.25, -0.2) is 4.39 Å². The van der Waals surface area contributed by atoms with E-state index in [1.54, 1.807) is 18.4 Å². The third-order valence-corrected chi connectivity index (χ3v) is 4.16. The third-order valence-electron chi connectivity index (χ3n) is 3.26. The van der Waals surface area contributed by atoms with Crippen molar-refractivity contribution in [2.45, 2.75) is 19.4 Å². The van der Waals surface area contributed by atoms with Gasteiger partial charge in [0.2, 0.25) is 0 Å². The second-order valence-electron chi connectivity index (χ2n) is 4.68. The van der Waals surface area contributed by atoms with Crippen molar-refractivity contribution in [3.05, 3.63) is 52.0 Å². The Morgan fingerprint density at radius 3 is 2.75 bits per heavy atom. The van der Waals surface area contributed by atoms with Crippen LogP contribution in [0.15, 0.2) is 35.7 Å². The zero-order valence-corrected chi connectivity index (χ0v) is 12.2. The van der Waals surface area contributed by atoms with Gasteiger partial charge in [0.15, 0.2) is 0 Å². The zero-order valence-electron chi connectivity index (χ0n) is 11.3. The maximum atomic E-state index is 13.7. The van der Waals surface area contributed by atoms with Crippen molar-refractivity contribution in [1.29, 1.82) is 0 Å². The van der Waals surface area contributed by atoms with E-state index < -0.39 is 11.7 Å². The quantitative estimate of drug-likeness (QED) is 0.939. The molecule has 1 heterocycles. The highest BCUT2D eigenvalue weighted by atomic mass is 32.1. The lowest BCUT2D eigenvalue weighted by molar-refractivity contribution is 0.0736. The van der Waals surface area contributed by atoms with Crippen LogP contribution in [-0.4, -0.2) is 29.0 Å². The van der Waals surface area contributed by atoms with E-state index in [-0.39, 0.29) is 17.4 Å². The Labute approximate surface area is 121 Å². The van der Waals surface area contributed by atoms with E-state index in [0.717, 1.165) is 4.88 Å². The van der Waals surface area contributed by atoms with Gasteiger partial charge < -0.3 is 10.0 Å². The minimum Gasteiger partial charge on any atom is -0.507 e. The van der Waals surface area contributed by atoms with Crippen molar-refractivity contribution in [3.8, 4) is 5.75 Å². The summed E-state index contributed by atoms with van der Waals surface area (Å²) in [5.74, 6) is -1.54. The van der Waals surface area contributed by atoms with Gasteiger partial charge in [-0.05, 0) is 30.5 Å². The predicted octanol–water partition coefficient (Wildman–Crippen LogP) is 3.30. The van der Waals surface area contributed by atoms with Gasteiger partial charge in [-0.15, -0.1) is 11.3 Å². The molecule has 1 amide bonds. The molecular formula is C15H16FNO2S. The number of amides is 1. The Morgan fingerprint density at radius 1 is 1.40 bits per heavy atom. The highest BCUT2D eigenvalue weighted by molar-refractivity contribution is 7.09. The van der Waals surface area contributed by atoms with Gasteiger partial charge in [-0.1, -0.05) is 12.1 Å². The molecule has 20 heavy (non-hydrogen) atoms. The summed E-state index contributed by atoms with van der Waals surface area (Å²) >= 11 is 1.62. The minimum atomic E-state index is -0.704. The topological polar surface area (TPSA) is 40.5 Å². The molecule has 0 radical (unpaired) electrons. The molecule has 0 saturated heterocycles. The number of phenolic OH excluding ortho intramolecular Hbond substituents is 1. The second kappa shape index (κ2) is 6.05. The summed E-state index contributed by atoms with van der Waals surface area (Å²) < 4.78 is 13.7. The monoisotopic (exact) mass is 293 g/mol. The van der Waals surface area contributed by atoms with Crippen LogP contribution < -0.4 is 0 Å². The molecule has 0 fully saturated rings. The number of carbonyl (C=O) groups is 1. The van der Waals surface area contributed by atoms with E-state index in [0.29, 0.717) is 6.42 Å². The van der Waals surface area contributed by atoms with Crippen molar-refractivity contribution in [1.82, 2.24) is 4.90 Å². The first-order valence-electron chi connectivity index (χ1n) is 6.27. The summed E-state index contributed by atoms with van der Waals surface area (Å²) in [6.45, 7) is 1.90. The fourth-order valence-corrected chi connectivity index (χ4v) is 2.78. The summed E-state index contributed by atoms with van der Waals surface area (Å²) in [6.07, 6.45) is 0.703. The first kappa shape index (κ1) is 14.5. The van der Waals surface area contributed by atoms with Gasteiger partial charge in [0.25, 0.3) is 5.91 Å². The molecule has 1 unspecified atom stereocenters. The van der Waals surface area contributed by atoms with Crippen LogP contribution >= 0.6 is 11.3 Å². The molecule has 5 heteroatoms. The number of hydrogen-bond donors (Lipinski definition) is 1. The van der Waals surface area contributed by atoms with E-state index in [9.17, 15) is 14.3 Å². The van der Waals surface area contributed by atoms with Gasteiger partial charge in [0.05, 0.1) is 0 Å². The van der Waals surface area contributed by atoms with E-state index >= 15 is 0 Å². The number of rotatable bonds is 4. The van der Waals surface area contributed by atoms with Gasteiger partial charge in [-0.2, -0.15) is 0 Å². The molecule has 2 aromatic rings. The SMILES string of the molecule is CC(Cc1cccs1)N(C)C(=O)c1c(O)cccc1F. The molecular weight excluding hydrogens is 277 g/mol. The number of aromatic hydroxyl groups is 1. The lowest BCUT2D eigenvalue weighted by Crippen LogP contribution is -2.36. The maximum absolute atomic E-state index is 13.7. The highest BCUT2D eigenvalue weighted by Crippen LogP contribution is 2.23. The van der Waals surface area contributed by atoms with Crippen LogP contribution in [0.2, 0.25) is 0 Å². The van der Waals surface area contributed by atoms with Gasteiger partial charge in [-0.3, -0.25) is 4.79 Å². The zero-order chi connectivity index (χ0) is 14.7. The smallest absolute Gasteiger partial charge is 0.260 e. The Morgan fingerprint density at radius 2 is 2.15 bits per heavy atom. The number of halogens is 1. The Bertz CT molecular complexity index is 578. The first-order valence-corrected chi connectivity index (χ1v) is 7.15. The number of thiophene rings is 1. The fraction of sp³-hybridized carbons (Fsp3) is 0.267. The van der Waals surface area contributed by atoms with Crippen LogP contribution in [0.25, 0.3) is 0 Å². The molecule has 106 valence electrons. The van der Waals surface area contributed by atoms with Gasteiger partial charge in [0.1, 0.15) is 17.1 Å². The predicted molar refractivity (Wildman–Crippen MR) is 77.6 cm³/mol.